The monoisotopic (exact) mass is 1800 g/mol. The van der Waals surface area contributed by atoms with Gasteiger partial charge in [0.05, 0.1) is 32.8 Å². The second kappa shape index (κ2) is 51.0. The zero-order valence-corrected chi connectivity index (χ0v) is 75.4. The number of nitrogens with one attached hydrogen (secondary N) is 9. The number of primary amides is 1. The van der Waals surface area contributed by atoms with Crippen LogP contribution in [0.2, 0.25) is 0 Å². The van der Waals surface area contributed by atoms with E-state index in [0.717, 1.165) is 20.3 Å². The normalized spacial score (nSPS) is 15.7. The van der Waals surface area contributed by atoms with Crippen LogP contribution in [0.5, 0.6) is 11.5 Å². The van der Waals surface area contributed by atoms with E-state index in [1.807, 2.05) is 25.1 Å². The largest absolute Gasteiger partial charge is 0.508 e. The van der Waals surface area contributed by atoms with E-state index in [9.17, 15) is 77.6 Å². The molecule has 5 aromatic rings. The molecule has 0 unspecified atom stereocenters. The Hall–Kier alpha value is -13.4. The molecular formula is C92H126N18O20. The van der Waals surface area contributed by atoms with Gasteiger partial charge < -0.3 is 109 Å². The quantitative estimate of drug-likeness (QED) is 0.0202. The lowest BCUT2D eigenvalue weighted by atomic mass is 10.00. The summed E-state index contributed by atoms with van der Waals surface area (Å²) in [6.45, 7) is 4.47. The molecule has 2 aliphatic heterocycles. The third-order valence-corrected chi connectivity index (χ3v) is 23.0. The van der Waals surface area contributed by atoms with Crippen molar-refractivity contribution in [2.75, 3.05) is 87.7 Å². The number of benzene rings is 5. The summed E-state index contributed by atoms with van der Waals surface area (Å²) >= 11 is 0. The van der Waals surface area contributed by atoms with Gasteiger partial charge >= 0.3 is 0 Å². The first-order valence-electron chi connectivity index (χ1n) is 43.7. The molecule has 38 nitrogen and oxygen atoms in total. The van der Waals surface area contributed by atoms with Crippen molar-refractivity contribution >= 4 is 100 Å². The molecule has 2 heterocycles. The molecule has 2 aliphatic rings. The SMILES string of the molecule is CCCCC[C@H](NC(=O)CNC(=O)[C@H](CO)NC(=O)[C@@H](NC(=O)[C@H](Cc1ccc(O)cc1)NC(=O)[C@H](C)N(C)C(=O)[C@@H]1CCCN1C(=O)CN(C)C(=O)[C@H](Cc1ccccc1)NC(=O)CC)C(C)C)C(=O)N(C)[C@@H](Cc1ccccc1)C(=O)N(C)CC(=O)N[C@@H](Cc1ccc(O)cc1)C(=O)N(C)[C@@H](Cc1ccccc1)C(=O)N1CCC[C@H]1C(=O)N[C@@H](CN)C(=O)NCC(N)=O. The van der Waals surface area contributed by atoms with E-state index in [1.54, 1.807) is 93.6 Å². The van der Waals surface area contributed by atoms with Crippen LogP contribution in [0.1, 0.15) is 120 Å². The molecule has 130 heavy (non-hydrogen) atoms. The van der Waals surface area contributed by atoms with E-state index in [4.69, 9.17) is 11.5 Å². The van der Waals surface area contributed by atoms with Gasteiger partial charge in [-0.1, -0.05) is 162 Å². The third-order valence-electron chi connectivity index (χ3n) is 23.0. The standard InChI is InChI=1S/C92H126N18O20/c1-11-13-17-32-65(88(126)107(9)73(48-59-28-20-15-21-29-59)90(128)104(6)53-78(117)99-68(47-62-37-41-64(113)42-38-62)89(127)108(10)74(49-60-30-22-16-23-31-60)92(130)110-44-24-33-71(110)85(123)101-69(50-93)82(120)95-51-75(94)114)97-77(116)52-96-83(121)70(55-111)102-86(124)80(56(3)4)103-84(122)66(45-61-35-39-63(112)40-36-61)100-81(119)57(5)106(8)91(129)72-34-25-43-109(72)79(118)54-105(7)87(125)67(98-76(115)12-2)46-58-26-18-14-19-27-58/h14-16,18-23,26-31,35-42,56-57,65-74,80,111-113H,11-13,17,24-25,32-34,43-55,93H2,1-10H3,(H2,94,114)(H,95,120)(H,96,121)(H,97,116)(H,98,115)(H,99,117)(H,100,119)(H,101,123)(H,102,124)(H,103,122)/t57-,65-,66-,67-,68-,69-,70-,71-,72-,73-,74-,80-/m0/s1. The first-order valence-corrected chi connectivity index (χ1v) is 43.7. The summed E-state index contributed by atoms with van der Waals surface area (Å²) < 4.78 is 0. The fourth-order valence-corrected chi connectivity index (χ4v) is 15.3. The van der Waals surface area contributed by atoms with Gasteiger partial charge in [-0.2, -0.15) is 0 Å². The van der Waals surface area contributed by atoms with Crippen molar-refractivity contribution in [3.05, 3.63) is 167 Å². The topological polar surface area (TPSA) is 534 Å². The average molecular weight is 1800 g/mol. The van der Waals surface area contributed by atoms with Crippen LogP contribution in [-0.2, 0) is 114 Å². The Morgan fingerprint density at radius 2 is 0.900 bits per heavy atom. The van der Waals surface area contributed by atoms with Crippen molar-refractivity contribution in [3.63, 3.8) is 0 Å². The highest BCUT2D eigenvalue weighted by Crippen LogP contribution is 2.26. The predicted octanol–water partition coefficient (Wildman–Crippen LogP) is -1.28. The average Bonchev–Trinajstić information content (AvgIpc) is 1.68. The summed E-state index contributed by atoms with van der Waals surface area (Å²) in [6, 6.07) is 22.0. The maximum Gasteiger partial charge on any atom is 0.246 e. The molecule has 17 amide bonds. The van der Waals surface area contributed by atoms with Crippen molar-refractivity contribution in [1.82, 2.24) is 82.2 Å². The van der Waals surface area contributed by atoms with Crippen LogP contribution < -0.4 is 59.3 Å². The lowest BCUT2D eigenvalue weighted by Gasteiger charge is -2.35. The molecule has 7 rings (SSSR count). The number of nitrogens with two attached hydrogens (primary N) is 2. The molecule has 2 saturated heterocycles. The molecule has 0 saturated carbocycles. The first kappa shape index (κ1) is 104. The molecule has 0 spiro atoms. The second-order valence-electron chi connectivity index (χ2n) is 33.1. The number of aliphatic hydroxyl groups is 1. The summed E-state index contributed by atoms with van der Waals surface area (Å²) in [5.41, 5.74) is 13.9. The Balaban J connectivity index is 1.01. The fourth-order valence-electron chi connectivity index (χ4n) is 15.3. The van der Waals surface area contributed by atoms with Gasteiger partial charge in [-0.3, -0.25) is 81.5 Å². The number of aliphatic hydroxyl groups excluding tert-OH is 1. The third kappa shape index (κ3) is 30.7. The number of likely N-dealkylation sites (N-methyl/N-ethyl adjacent to an activating group) is 5. The van der Waals surface area contributed by atoms with Crippen LogP contribution >= 0.6 is 0 Å². The Morgan fingerprint density at radius 1 is 0.438 bits per heavy atom. The smallest absolute Gasteiger partial charge is 0.246 e. The van der Waals surface area contributed by atoms with Crippen molar-refractivity contribution in [2.45, 2.75) is 197 Å². The summed E-state index contributed by atoms with van der Waals surface area (Å²) in [5, 5.41) is 54.2. The summed E-state index contributed by atoms with van der Waals surface area (Å²) in [4.78, 5) is 248. The lowest BCUT2D eigenvalue weighted by molar-refractivity contribution is -0.149. The van der Waals surface area contributed by atoms with Gasteiger partial charge in [-0.25, -0.2) is 0 Å². The molecular weight excluding hydrogens is 1680 g/mol. The maximum absolute atomic E-state index is 15.2. The van der Waals surface area contributed by atoms with Crippen molar-refractivity contribution in [3.8, 4) is 11.5 Å². The van der Waals surface area contributed by atoms with Crippen molar-refractivity contribution in [1.29, 1.82) is 0 Å². The minimum Gasteiger partial charge on any atom is -0.508 e. The zero-order chi connectivity index (χ0) is 95.6. The number of unbranched alkanes of at least 4 members (excludes halogenated alkanes) is 2. The molecule has 704 valence electrons. The number of carbonyl (C=O) groups excluding carboxylic acids is 17. The number of phenolic OH excluding ortho intramolecular Hbond substituents is 2. The highest BCUT2D eigenvalue weighted by Gasteiger charge is 2.45. The number of rotatable bonds is 48. The first-order chi connectivity index (χ1) is 61.9. The predicted molar refractivity (Wildman–Crippen MR) is 478 cm³/mol. The van der Waals surface area contributed by atoms with Gasteiger partial charge in [-0.05, 0) is 97.0 Å². The number of carbonyl (C=O) groups is 17. The van der Waals surface area contributed by atoms with Crippen molar-refractivity contribution < 1.29 is 96.8 Å². The van der Waals surface area contributed by atoms with E-state index in [-0.39, 0.29) is 94.8 Å². The van der Waals surface area contributed by atoms with Crippen LogP contribution in [0.4, 0.5) is 0 Å². The van der Waals surface area contributed by atoms with Crippen LogP contribution in [0, 0.1) is 5.92 Å². The number of hydrogen-bond donors (Lipinski definition) is 14. The van der Waals surface area contributed by atoms with E-state index < -0.39 is 206 Å². The van der Waals surface area contributed by atoms with Crippen LogP contribution in [0.15, 0.2) is 140 Å². The van der Waals surface area contributed by atoms with Gasteiger partial charge in [0.25, 0.3) is 0 Å². The molecule has 5 aromatic carbocycles. The van der Waals surface area contributed by atoms with Gasteiger partial charge in [0.2, 0.25) is 100 Å². The lowest BCUT2D eigenvalue weighted by Crippen LogP contribution is -2.61. The second-order valence-corrected chi connectivity index (χ2v) is 33.1. The van der Waals surface area contributed by atoms with Gasteiger partial charge in [-0.15, -0.1) is 0 Å². The molecule has 2 fully saturated rings. The molecule has 16 N–H and O–H groups in total. The minimum absolute atomic E-state index is 0.0372. The van der Waals surface area contributed by atoms with Gasteiger partial charge in [0.15, 0.2) is 0 Å². The Bertz CT molecular complexity index is 4730. The molecule has 12 atom stereocenters. The Labute approximate surface area is 756 Å². The highest BCUT2D eigenvalue weighted by molar-refractivity contribution is 6.01. The van der Waals surface area contributed by atoms with E-state index >= 15 is 19.2 Å². The maximum atomic E-state index is 15.2. The summed E-state index contributed by atoms with van der Waals surface area (Å²) in [5.74, 6) is -13.8. The highest BCUT2D eigenvalue weighted by atomic mass is 16.3. The molecule has 0 aliphatic carbocycles. The van der Waals surface area contributed by atoms with Gasteiger partial charge in [0, 0.05) is 93.4 Å². The Morgan fingerprint density at radius 3 is 1.43 bits per heavy atom. The van der Waals surface area contributed by atoms with E-state index in [2.05, 4.69) is 47.9 Å². The number of nitrogens with zero attached hydrogens (tertiary/aromatic N) is 7. The number of hydrogen-bond acceptors (Lipinski definition) is 21. The van der Waals surface area contributed by atoms with E-state index in [1.165, 1.54) is 110 Å². The van der Waals surface area contributed by atoms with E-state index in [0.29, 0.717) is 54.4 Å². The molecule has 0 aromatic heterocycles. The summed E-state index contributed by atoms with van der Waals surface area (Å²) in [6.07, 6.45) is 2.54. The number of likely N-dealkylation sites (tertiary alicyclic amines) is 2. The van der Waals surface area contributed by atoms with Crippen LogP contribution in [0.3, 0.4) is 0 Å². The van der Waals surface area contributed by atoms with Gasteiger partial charge in [0.1, 0.15) is 84.0 Å². The molecule has 38 heteroatoms. The minimum atomic E-state index is -1.75. The number of phenols is 2. The number of aromatic hydroxyl groups is 2. The van der Waals surface area contributed by atoms with Crippen LogP contribution in [-0.4, -0.2) is 310 Å². The zero-order valence-electron chi connectivity index (χ0n) is 75.4. The number of amides is 17. The van der Waals surface area contributed by atoms with Crippen LogP contribution in [0.25, 0.3) is 0 Å². The molecule has 0 radical (unpaired) electrons. The van der Waals surface area contributed by atoms with Crippen molar-refractivity contribution in [2.24, 2.45) is 17.4 Å². The molecule has 0 bridgehead atoms. The summed E-state index contributed by atoms with van der Waals surface area (Å²) in [7, 11) is 6.82. The Kier molecular flexibility index (Phi) is 40.6. The fraction of sp³-hybridized carbons (Fsp3) is 0.489.